The van der Waals surface area contributed by atoms with Gasteiger partial charge in [0.15, 0.2) is 5.65 Å². The molecular weight excluding hydrogens is 342 g/mol. The van der Waals surface area contributed by atoms with Crippen LogP contribution in [0.25, 0.3) is 38.4 Å². The Morgan fingerprint density at radius 2 is 1.83 bits per heavy atom. The molecule has 0 atom stereocenters. The Morgan fingerprint density at radius 1 is 1.00 bits per heavy atom. The van der Waals surface area contributed by atoms with E-state index in [-0.39, 0.29) is 0 Å². The van der Waals surface area contributed by atoms with Crippen LogP contribution in [0.2, 0.25) is 0 Å². The van der Waals surface area contributed by atoms with E-state index in [1.54, 1.807) is 39.6 Å². The Bertz CT molecular complexity index is 1110. The Kier molecular flexibility index (Phi) is 3.03. The highest BCUT2D eigenvalue weighted by atomic mass is 32.1. The molecule has 0 aromatic carbocycles. The van der Waals surface area contributed by atoms with Crippen LogP contribution in [0.15, 0.2) is 58.0 Å². The number of fused-ring (bicyclic) bond motifs is 1. The summed E-state index contributed by atoms with van der Waals surface area (Å²) in [6.07, 6.45) is 3.48. The van der Waals surface area contributed by atoms with E-state index in [1.165, 1.54) is 0 Å². The number of hydrogen-bond donors (Lipinski definition) is 0. The zero-order chi connectivity index (χ0) is 15.9. The van der Waals surface area contributed by atoms with Gasteiger partial charge in [-0.15, -0.1) is 22.7 Å². The quantitative estimate of drug-likeness (QED) is 0.486. The molecule has 0 N–H and O–H groups in total. The van der Waals surface area contributed by atoms with Gasteiger partial charge in [0, 0.05) is 6.20 Å². The topological polar surface area (TPSA) is 69.1 Å². The zero-order valence-corrected chi connectivity index (χ0v) is 13.8. The first-order valence-electron chi connectivity index (χ1n) is 7.15. The number of hydrogen-bond acceptors (Lipinski definition) is 7. The third kappa shape index (κ3) is 2.08. The van der Waals surface area contributed by atoms with E-state index < -0.39 is 0 Å². The molecule has 0 unspecified atom stereocenters. The highest BCUT2D eigenvalue weighted by Gasteiger charge is 2.18. The summed E-state index contributed by atoms with van der Waals surface area (Å²) in [5.41, 5.74) is 2.41. The van der Waals surface area contributed by atoms with Crippen molar-refractivity contribution < 1.29 is 4.52 Å². The van der Waals surface area contributed by atoms with E-state index >= 15 is 0 Å². The van der Waals surface area contributed by atoms with Crippen LogP contribution < -0.4 is 0 Å². The lowest BCUT2D eigenvalue weighted by Crippen LogP contribution is -1.94. The summed E-state index contributed by atoms with van der Waals surface area (Å²) in [4.78, 5) is 11.0. The van der Waals surface area contributed by atoms with Gasteiger partial charge < -0.3 is 4.52 Å². The van der Waals surface area contributed by atoms with Crippen LogP contribution in [0.1, 0.15) is 0 Å². The van der Waals surface area contributed by atoms with Crippen LogP contribution in [0, 0.1) is 0 Å². The molecule has 5 rings (SSSR count). The van der Waals surface area contributed by atoms with E-state index in [2.05, 4.69) is 26.3 Å². The zero-order valence-electron chi connectivity index (χ0n) is 12.2. The second-order valence-corrected chi connectivity index (χ2v) is 6.90. The molecule has 0 aliphatic heterocycles. The van der Waals surface area contributed by atoms with E-state index in [9.17, 15) is 0 Å². The summed E-state index contributed by atoms with van der Waals surface area (Å²) in [5.74, 6) is 0.998. The summed E-state index contributed by atoms with van der Waals surface area (Å²) in [5, 5.41) is 12.5. The van der Waals surface area contributed by atoms with Gasteiger partial charge in [0.2, 0.25) is 5.82 Å². The monoisotopic (exact) mass is 351 g/mol. The molecule has 0 aliphatic carbocycles. The SMILES string of the molecule is c1csc(-c2noc(-c3cnn4c(-c5cccs5)ccnc34)n2)c1. The summed E-state index contributed by atoms with van der Waals surface area (Å²) in [6.45, 7) is 0. The van der Waals surface area contributed by atoms with Crippen LogP contribution in [-0.2, 0) is 0 Å². The van der Waals surface area contributed by atoms with Gasteiger partial charge in [-0.3, -0.25) is 0 Å². The smallest absolute Gasteiger partial charge is 0.263 e. The van der Waals surface area contributed by atoms with Gasteiger partial charge >= 0.3 is 0 Å². The molecular formula is C16H9N5OS2. The van der Waals surface area contributed by atoms with Gasteiger partial charge in [0.25, 0.3) is 5.89 Å². The van der Waals surface area contributed by atoms with Crippen LogP contribution in [0.4, 0.5) is 0 Å². The molecule has 5 heterocycles. The van der Waals surface area contributed by atoms with Crippen LogP contribution in [0.5, 0.6) is 0 Å². The second-order valence-electron chi connectivity index (χ2n) is 5.00. The lowest BCUT2D eigenvalue weighted by atomic mass is 10.3. The highest BCUT2D eigenvalue weighted by Crippen LogP contribution is 2.30. The number of rotatable bonds is 3. The lowest BCUT2D eigenvalue weighted by molar-refractivity contribution is 0.433. The summed E-state index contributed by atoms with van der Waals surface area (Å²) >= 11 is 3.23. The van der Waals surface area contributed by atoms with Crippen LogP contribution in [0.3, 0.4) is 0 Å². The first-order valence-corrected chi connectivity index (χ1v) is 8.91. The van der Waals surface area contributed by atoms with Gasteiger partial charge in [-0.1, -0.05) is 17.3 Å². The first-order chi connectivity index (χ1) is 11.9. The molecule has 0 spiro atoms. The molecule has 0 saturated heterocycles. The number of nitrogens with zero attached hydrogens (tertiary/aromatic N) is 5. The van der Waals surface area contributed by atoms with Crippen molar-refractivity contribution in [3.8, 4) is 32.7 Å². The Morgan fingerprint density at radius 3 is 2.62 bits per heavy atom. The van der Waals surface area contributed by atoms with Crippen LogP contribution in [-0.4, -0.2) is 24.7 Å². The minimum absolute atomic E-state index is 0.421. The fraction of sp³-hybridized carbons (Fsp3) is 0. The molecule has 0 amide bonds. The van der Waals surface area contributed by atoms with Gasteiger partial charge in [0.1, 0.15) is 5.56 Å². The maximum absolute atomic E-state index is 5.43. The minimum atomic E-state index is 0.421. The molecule has 0 radical (unpaired) electrons. The summed E-state index contributed by atoms with van der Waals surface area (Å²) < 4.78 is 7.23. The van der Waals surface area contributed by atoms with E-state index in [4.69, 9.17) is 4.52 Å². The van der Waals surface area contributed by atoms with Gasteiger partial charge in [-0.05, 0) is 29.0 Å². The molecule has 6 nitrogen and oxygen atoms in total. The van der Waals surface area contributed by atoms with Crippen molar-refractivity contribution in [3.05, 3.63) is 53.5 Å². The normalized spacial score (nSPS) is 11.3. The Balaban J connectivity index is 1.65. The predicted molar refractivity (Wildman–Crippen MR) is 92.9 cm³/mol. The largest absolute Gasteiger partial charge is 0.333 e. The lowest BCUT2D eigenvalue weighted by Gasteiger charge is -2.01. The van der Waals surface area contributed by atoms with Crippen molar-refractivity contribution in [2.75, 3.05) is 0 Å². The number of aromatic nitrogens is 5. The standard InChI is InChI=1S/C16H9N5OS2/c1-3-12(23-7-1)11-5-6-17-15-10(9-18-21(11)15)16-19-14(20-22-16)13-4-2-8-24-13/h1-9H. The molecule has 0 fully saturated rings. The molecule has 116 valence electrons. The average Bonchev–Trinajstić information content (AvgIpc) is 3.41. The van der Waals surface area contributed by atoms with Crippen molar-refractivity contribution in [3.63, 3.8) is 0 Å². The Hall–Kier alpha value is -2.84. The highest BCUT2D eigenvalue weighted by molar-refractivity contribution is 7.13. The summed E-state index contributed by atoms with van der Waals surface area (Å²) in [7, 11) is 0. The molecule has 5 aromatic rings. The van der Waals surface area contributed by atoms with E-state index in [0.29, 0.717) is 17.4 Å². The van der Waals surface area contributed by atoms with Gasteiger partial charge in [0.05, 0.1) is 21.6 Å². The average molecular weight is 351 g/mol. The van der Waals surface area contributed by atoms with Crippen molar-refractivity contribution >= 4 is 28.3 Å². The van der Waals surface area contributed by atoms with Gasteiger partial charge in [-0.25, -0.2) is 9.50 Å². The van der Waals surface area contributed by atoms with Crippen molar-refractivity contribution in [2.24, 2.45) is 0 Å². The van der Waals surface area contributed by atoms with E-state index in [1.807, 2.05) is 35.0 Å². The van der Waals surface area contributed by atoms with Crippen molar-refractivity contribution in [1.29, 1.82) is 0 Å². The number of thiophene rings is 2. The fourth-order valence-corrected chi connectivity index (χ4v) is 3.88. The van der Waals surface area contributed by atoms with Crippen LogP contribution >= 0.6 is 22.7 Å². The molecule has 0 bridgehead atoms. The second kappa shape index (κ2) is 5.36. The minimum Gasteiger partial charge on any atom is -0.333 e. The predicted octanol–water partition coefficient (Wildman–Crippen LogP) is 4.24. The third-order valence-corrected chi connectivity index (χ3v) is 5.33. The van der Waals surface area contributed by atoms with E-state index in [0.717, 1.165) is 21.0 Å². The summed E-state index contributed by atoms with van der Waals surface area (Å²) in [6, 6.07) is 9.94. The molecule has 24 heavy (non-hydrogen) atoms. The maximum atomic E-state index is 5.43. The molecule has 8 heteroatoms. The molecule has 5 aromatic heterocycles. The first kappa shape index (κ1) is 13.6. The fourth-order valence-electron chi connectivity index (χ4n) is 2.49. The Labute approximate surface area is 144 Å². The van der Waals surface area contributed by atoms with Gasteiger partial charge in [-0.2, -0.15) is 10.1 Å². The van der Waals surface area contributed by atoms with Crippen molar-refractivity contribution in [2.45, 2.75) is 0 Å². The molecule has 0 aliphatic rings. The van der Waals surface area contributed by atoms with Crippen molar-refractivity contribution in [1.82, 2.24) is 24.7 Å². The molecule has 0 saturated carbocycles. The maximum Gasteiger partial charge on any atom is 0.263 e. The third-order valence-electron chi connectivity index (χ3n) is 3.57.